The van der Waals surface area contributed by atoms with Gasteiger partial charge < -0.3 is 24.2 Å². The largest absolute Gasteiger partial charge is 0.395 e. The Kier molecular flexibility index (Phi) is 7.92. The predicted molar refractivity (Wildman–Crippen MR) is 167 cm³/mol. The van der Waals surface area contributed by atoms with Crippen molar-refractivity contribution in [3.05, 3.63) is 44.6 Å². The van der Waals surface area contributed by atoms with Gasteiger partial charge >= 0.3 is 0 Å². The number of thiophene rings is 1. The van der Waals surface area contributed by atoms with Gasteiger partial charge in [-0.05, 0) is 92.6 Å². The molecule has 3 saturated carbocycles. The summed E-state index contributed by atoms with van der Waals surface area (Å²) in [6.07, 6.45) is 7.53. The molecular formula is C32H43BrFN3O5S. The van der Waals surface area contributed by atoms with Crippen LogP contribution in [0.4, 0.5) is 4.39 Å². The first-order valence-electron chi connectivity index (χ1n) is 15.2. The van der Waals surface area contributed by atoms with Gasteiger partial charge in [0.05, 0.1) is 16.0 Å². The molecule has 6 rings (SSSR count). The normalized spacial score (nSPS) is 42.7. The molecule has 9 atom stereocenters. The van der Waals surface area contributed by atoms with Crippen LogP contribution in [0.5, 0.6) is 0 Å². The number of carbonyl (C=O) groups is 1. The molecule has 4 fully saturated rings. The number of halogens is 2. The van der Waals surface area contributed by atoms with Crippen LogP contribution in [0.2, 0.25) is 0 Å². The molecule has 8 nitrogen and oxygen atoms in total. The topological polar surface area (TPSA) is 92.6 Å². The van der Waals surface area contributed by atoms with E-state index in [4.69, 9.17) is 14.3 Å². The second-order valence-electron chi connectivity index (χ2n) is 13.9. The lowest BCUT2D eigenvalue weighted by atomic mass is 9.44. The number of ether oxygens (including phenoxy) is 2. The summed E-state index contributed by atoms with van der Waals surface area (Å²) in [6.45, 7) is 8.14. The van der Waals surface area contributed by atoms with Gasteiger partial charge in [0.1, 0.15) is 30.2 Å². The number of nitrogens with zero attached hydrogens (tertiary/aromatic N) is 2. The third-order valence-corrected chi connectivity index (χ3v) is 12.6. The SMILES string of the molecule is CN(C)NC(C=O)[C@@]12OC(C)(C)O[C@@H]1C[C@H]1[C@@H]3CCC4=CC(=NOCCc5ccc(Br)s5)C=C[C@]4(C)[C@@]3(F)[C@@H](O)C[C@@]12C. The van der Waals surface area contributed by atoms with E-state index in [1.54, 1.807) is 16.3 Å². The smallest absolute Gasteiger partial charge is 0.164 e. The van der Waals surface area contributed by atoms with Crippen molar-refractivity contribution in [3.8, 4) is 0 Å². The van der Waals surface area contributed by atoms with E-state index in [0.29, 0.717) is 31.6 Å². The van der Waals surface area contributed by atoms with Crippen LogP contribution in [0.1, 0.15) is 58.3 Å². The van der Waals surface area contributed by atoms with E-state index in [-0.39, 0.29) is 12.3 Å². The molecule has 0 bridgehead atoms. The molecule has 0 aromatic carbocycles. The molecule has 1 saturated heterocycles. The van der Waals surface area contributed by atoms with Crippen molar-refractivity contribution in [2.24, 2.45) is 27.8 Å². The van der Waals surface area contributed by atoms with E-state index in [1.165, 1.54) is 4.88 Å². The lowest BCUT2D eigenvalue weighted by Crippen LogP contribution is -2.72. The molecule has 1 aromatic heterocycles. The number of hydrazine groups is 1. The summed E-state index contributed by atoms with van der Waals surface area (Å²) in [4.78, 5) is 19.5. The van der Waals surface area contributed by atoms with Gasteiger partial charge in [0, 0.05) is 42.1 Å². The maximum Gasteiger partial charge on any atom is 0.164 e. The van der Waals surface area contributed by atoms with Crippen LogP contribution in [0.15, 0.2) is 44.9 Å². The van der Waals surface area contributed by atoms with Crippen LogP contribution in [0, 0.1) is 22.7 Å². The number of aliphatic hydroxyl groups is 1. The summed E-state index contributed by atoms with van der Waals surface area (Å²) < 4.78 is 32.2. The number of rotatable bonds is 8. The number of fused-ring (bicyclic) bond motifs is 7. The first kappa shape index (κ1) is 31.5. The monoisotopic (exact) mass is 679 g/mol. The number of hydrogen-bond acceptors (Lipinski definition) is 9. The maximum atomic E-state index is 17.9. The number of aldehydes is 1. The lowest BCUT2D eigenvalue weighted by Gasteiger charge is -2.63. The summed E-state index contributed by atoms with van der Waals surface area (Å²) in [6, 6.07) is 3.36. The number of oxime groups is 1. The summed E-state index contributed by atoms with van der Waals surface area (Å²) in [5.41, 5.74) is 0.137. The fourth-order valence-corrected chi connectivity index (χ4v) is 10.7. The van der Waals surface area contributed by atoms with Crippen LogP contribution < -0.4 is 5.43 Å². The zero-order valence-electron chi connectivity index (χ0n) is 25.7. The van der Waals surface area contributed by atoms with Crippen molar-refractivity contribution in [2.45, 2.75) is 95.1 Å². The number of hydrogen-bond donors (Lipinski definition) is 2. The molecule has 0 spiro atoms. The molecule has 2 heterocycles. The first-order chi connectivity index (χ1) is 20.2. The Labute approximate surface area is 265 Å². The summed E-state index contributed by atoms with van der Waals surface area (Å²) in [5.74, 6) is -1.52. The van der Waals surface area contributed by atoms with Crippen molar-refractivity contribution in [3.63, 3.8) is 0 Å². The number of allylic oxidation sites excluding steroid dienone is 4. The average Bonchev–Trinajstić information content (AvgIpc) is 3.54. The van der Waals surface area contributed by atoms with Gasteiger partial charge in [-0.1, -0.05) is 23.7 Å². The van der Waals surface area contributed by atoms with Gasteiger partial charge in [0.15, 0.2) is 11.5 Å². The Morgan fingerprint density at radius 1 is 1.30 bits per heavy atom. The highest BCUT2D eigenvalue weighted by Crippen LogP contribution is 2.72. The molecule has 1 unspecified atom stereocenters. The molecule has 0 amide bonds. The van der Waals surface area contributed by atoms with Gasteiger partial charge in [-0.3, -0.25) is 0 Å². The molecule has 43 heavy (non-hydrogen) atoms. The minimum Gasteiger partial charge on any atom is -0.395 e. The number of nitrogens with one attached hydrogen (secondary N) is 1. The highest BCUT2D eigenvalue weighted by Gasteiger charge is 2.79. The zero-order valence-corrected chi connectivity index (χ0v) is 28.1. The minimum absolute atomic E-state index is 0.152. The van der Waals surface area contributed by atoms with E-state index in [0.717, 1.165) is 22.1 Å². The van der Waals surface area contributed by atoms with Crippen LogP contribution in [0.3, 0.4) is 0 Å². The highest BCUT2D eigenvalue weighted by atomic mass is 79.9. The van der Waals surface area contributed by atoms with Gasteiger partial charge in [-0.15, -0.1) is 11.3 Å². The summed E-state index contributed by atoms with van der Waals surface area (Å²) in [5, 5.41) is 18.0. The van der Waals surface area contributed by atoms with E-state index >= 15 is 4.39 Å². The first-order valence-corrected chi connectivity index (χ1v) is 16.8. The van der Waals surface area contributed by atoms with Gasteiger partial charge in [-0.25, -0.2) is 14.8 Å². The Hall–Kier alpha value is -1.47. The minimum atomic E-state index is -1.91. The fraction of sp³-hybridized carbons (Fsp3) is 0.688. The lowest BCUT2D eigenvalue weighted by molar-refractivity contribution is -0.255. The molecule has 1 aliphatic heterocycles. The fourth-order valence-electron chi connectivity index (χ4n) is 9.25. The summed E-state index contributed by atoms with van der Waals surface area (Å²) >= 11 is 5.16. The quantitative estimate of drug-likeness (QED) is 0.217. The van der Waals surface area contributed by atoms with Crippen LogP contribution in [-0.4, -0.2) is 78.1 Å². The van der Waals surface area contributed by atoms with Crippen LogP contribution in [-0.2, 0) is 25.5 Å². The van der Waals surface area contributed by atoms with Crippen molar-refractivity contribution in [1.82, 2.24) is 10.4 Å². The van der Waals surface area contributed by atoms with E-state index in [1.807, 2.05) is 59.2 Å². The Balaban J connectivity index is 1.28. The molecular weight excluding hydrogens is 637 g/mol. The summed E-state index contributed by atoms with van der Waals surface area (Å²) in [7, 11) is 3.66. The van der Waals surface area contributed by atoms with Crippen LogP contribution >= 0.6 is 27.3 Å². The average molecular weight is 681 g/mol. The molecule has 2 N–H and O–H groups in total. The molecule has 0 radical (unpaired) electrons. The van der Waals surface area contributed by atoms with Gasteiger partial charge in [0.2, 0.25) is 0 Å². The third-order valence-electron chi connectivity index (χ3n) is 11.0. The molecule has 1 aromatic rings. The molecule has 11 heteroatoms. The Bertz CT molecular complexity index is 1370. The van der Waals surface area contributed by atoms with Crippen molar-refractivity contribution in [2.75, 3.05) is 20.7 Å². The maximum absolute atomic E-state index is 17.9. The molecule has 4 aliphatic carbocycles. The third kappa shape index (κ3) is 4.67. The predicted octanol–water partition coefficient (Wildman–Crippen LogP) is 5.36. The Morgan fingerprint density at radius 2 is 2.07 bits per heavy atom. The number of alkyl halides is 1. The molecule has 5 aliphatic rings. The molecule has 236 valence electrons. The number of carbonyl (C=O) groups excluding carboxylic acids is 1. The van der Waals surface area contributed by atoms with E-state index < -0.39 is 52.1 Å². The second kappa shape index (κ2) is 10.8. The van der Waals surface area contributed by atoms with E-state index in [2.05, 4.69) is 39.5 Å². The number of aliphatic hydroxyl groups excluding tert-OH is 1. The van der Waals surface area contributed by atoms with Gasteiger partial charge in [0.25, 0.3) is 0 Å². The van der Waals surface area contributed by atoms with Crippen LogP contribution in [0.25, 0.3) is 0 Å². The van der Waals surface area contributed by atoms with Crippen molar-refractivity contribution >= 4 is 39.3 Å². The van der Waals surface area contributed by atoms with Crippen molar-refractivity contribution in [1.29, 1.82) is 0 Å². The van der Waals surface area contributed by atoms with E-state index in [9.17, 15) is 9.90 Å². The highest BCUT2D eigenvalue weighted by molar-refractivity contribution is 9.11. The van der Waals surface area contributed by atoms with Crippen molar-refractivity contribution < 1.29 is 28.6 Å². The standard InChI is InChI=1S/C32H43BrFN3O5S/c1-28(2)41-26-16-23-22-9-7-19-15-20(36-40-14-12-21-8-10-27(33)43-21)11-13-29(19,3)31(22,34)25(39)17-30(23,4)32(26,42-28)24(18-38)35-37(5)6/h8,10-11,13,15,18,22-26,35,39H,7,9,12,14,16-17H2,1-6H3/t22-,23-,24?,25-,26+,29-,30-,31-,32+/m0/s1. The van der Waals surface area contributed by atoms with Gasteiger partial charge in [-0.2, -0.15) is 0 Å². The Morgan fingerprint density at radius 3 is 2.74 bits per heavy atom. The zero-order chi connectivity index (χ0) is 31.0. The second-order valence-corrected chi connectivity index (χ2v) is 16.5.